The van der Waals surface area contributed by atoms with Crippen molar-refractivity contribution < 1.29 is 9.84 Å². The van der Waals surface area contributed by atoms with Crippen molar-refractivity contribution >= 4 is 0 Å². The molecule has 1 aliphatic rings. The zero-order valence-electron chi connectivity index (χ0n) is 9.05. The minimum absolute atomic E-state index is 0.0301. The lowest BCUT2D eigenvalue weighted by Gasteiger charge is -2.37. The van der Waals surface area contributed by atoms with E-state index in [4.69, 9.17) is 4.74 Å². The molecule has 0 radical (unpaired) electrons. The van der Waals surface area contributed by atoms with Gasteiger partial charge in [0.15, 0.2) is 0 Å². The molecule has 1 fully saturated rings. The Balaban J connectivity index is 2.42. The largest absolute Gasteiger partial charge is 0.393 e. The normalized spacial score (nSPS) is 30.0. The van der Waals surface area contributed by atoms with Crippen molar-refractivity contribution in [1.29, 1.82) is 0 Å². The molecule has 1 N–H and O–H groups in total. The van der Waals surface area contributed by atoms with E-state index >= 15 is 0 Å². The monoisotopic (exact) mass is 186 g/mol. The quantitative estimate of drug-likeness (QED) is 0.733. The molecule has 0 spiro atoms. The second-order valence-electron chi connectivity index (χ2n) is 4.72. The highest BCUT2D eigenvalue weighted by atomic mass is 16.5. The smallest absolute Gasteiger partial charge is 0.0630 e. The van der Waals surface area contributed by atoms with Gasteiger partial charge in [-0.25, -0.2) is 0 Å². The molecular weight excluding hydrogens is 164 g/mol. The summed E-state index contributed by atoms with van der Waals surface area (Å²) in [6.07, 6.45) is 3.89. The van der Waals surface area contributed by atoms with E-state index in [9.17, 15) is 5.11 Å². The first-order chi connectivity index (χ1) is 6.05. The van der Waals surface area contributed by atoms with Gasteiger partial charge in [0.25, 0.3) is 0 Å². The van der Waals surface area contributed by atoms with Crippen LogP contribution in [-0.2, 0) is 4.74 Å². The Labute approximate surface area is 81.3 Å². The zero-order valence-corrected chi connectivity index (χ0v) is 9.05. The van der Waals surface area contributed by atoms with Crippen LogP contribution in [0.25, 0.3) is 0 Å². The fraction of sp³-hybridized carbons (Fsp3) is 1.00. The van der Waals surface area contributed by atoms with Crippen LogP contribution in [0.15, 0.2) is 0 Å². The summed E-state index contributed by atoms with van der Waals surface area (Å²) in [4.78, 5) is 0. The molecule has 0 aromatic carbocycles. The van der Waals surface area contributed by atoms with Crippen LogP contribution in [0.4, 0.5) is 0 Å². The number of ether oxygens (including phenoxy) is 1. The summed E-state index contributed by atoms with van der Waals surface area (Å²) < 4.78 is 5.61. The molecule has 2 atom stereocenters. The average Bonchev–Trinajstić information content (AvgIpc) is 2.03. The molecule has 0 bridgehead atoms. The molecular formula is C11H22O2. The van der Waals surface area contributed by atoms with Gasteiger partial charge >= 0.3 is 0 Å². The summed E-state index contributed by atoms with van der Waals surface area (Å²) in [6.45, 7) is 7.14. The number of aliphatic hydroxyl groups excluding tert-OH is 1. The van der Waals surface area contributed by atoms with Gasteiger partial charge in [0.1, 0.15) is 0 Å². The Hall–Kier alpha value is -0.0800. The summed E-state index contributed by atoms with van der Waals surface area (Å²) >= 11 is 0. The fourth-order valence-corrected chi connectivity index (χ4v) is 2.14. The molecule has 78 valence electrons. The number of hydrogen-bond donors (Lipinski definition) is 1. The van der Waals surface area contributed by atoms with Crippen molar-refractivity contribution in [2.75, 3.05) is 6.61 Å². The molecule has 2 heteroatoms. The maximum absolute atomic E-state index is 9.85. The molecule has 1 saturated heterocycles. The lowest BCUT2D eigenvalue weighted by Crippen LogP contribution is -2.38. The first-order valence-electron chi connectivity index (χ1n) is 5.37. The van der Waals surface area contributed by atoms with Gasteiger partial charge in [0.2, 0.25) is 0 Å². The average molecular weight is 186 g/mol. The van der Waals surface area contributed by atoms with E-state index < -0.39 is 0 Å². The Morgan fingerprint density at radius 2 is 2.23 bits per heavy atom. The van der Waals surface area contributed by atoms with Crippen LogP contribution >= 0.6 is 0 Å². The van der Waals surface area contributed by atoms with Gasteiger partial charge in [0.05, 0.1) is 11.7 Å². The van der Waals surface area contributed by atoms with Gasteiger partial charge < -0.3 is 9.84 Å². The Bertz CT molecular complexity index is 154. The van der Waals surface area contributed by atoms with Crippen LogP contribution in [0.5, 0.6) is 0 Å². The van der Waals surface area contributed by atoms with Crippen molar-refractivity contribution in [3.63, 3.8) is 0 Å². The minimum atomic E-state index is -0.117. The Kier molecular flexibility index (Phi) is 3.74. The molecule has 2 unspecified atom stereocenters. The first kappa shape index (κ1) is 11.0. The SMILES string of the molecule is CCCC(O)C1CCOC(C)(C)C1. The first-order valence-corrected chi connectivity index (χ1v) is 5.37. The maximum Gasteiger partial charge on any atom is 0.0630 e. The van der Waals surface area contributed by atoms with Crippen molar-refractivity contribution in [2.45, 2.75) is 58.2 Å². The third-order valence-corrected chi connectivity index (χ3v) is 2.86. The molecule has 0 aromatic rings. The highest BCUT2D eigenvalue weighted by molar-refractivity contribution is 4.82. The predicted molar refractivity (Wildman–Crippen MR) is 53.7 cm³/mol. The van der Waals surface area contributed by atoms with Crippen LogP contribution in [-0.4, -0.2) is 23.4 Å². The van der Waals surface area contributed by atoms with Gasteiger partial charge in [-0.1, -0.05) is 13.3 Å². The van der Waals surface area contributed by atoms with E-state index in [0.717, 1.165) is 32.3 Å². The maximum atomic E-state index is 9.85. The van der Waals surface area contributed by atoms with Gasteiger partial charge in [-0.05, 0) is 39.0 Å². The summed E-state index contributed by atoms with van der Waals surface area (Å²) in [5, 5.41) is 9.85. The Morgan fingerprint density at radius 3 is 2.77 bits per heavy atom. The second-order valence-corrected chi connectivity index (χ2v) is 4.72. The Morgan fingerprint density at radius 1 is 1.54 bits per heavy atom. The minimum Gasteiger partial charge on any atom is -0.393 e. The molecule has 0 amide bonds. The standard InChI is InChI=1S/C11H22O2/c1-4-5-10(12)9-6-7-13-11(2,3)8-9/h9-10,12H,4-8H2,1-3H3. The van der Waals surface area contributed by atoms with Crippen molar-refractivity contribution in [2.24, 2.45) is 5.92 Å². The second kappa shape index (κ2) is 4.43. The zero-order chi connectivity index (χ0) is 9.90. The molecule has 13 heavy (non-hydrogen) atoms. The van der Waals surface area contributed by atoms with E-state index in [1.165, 1.54) is 0 Å². The molecule has 0 saturated carbocycles. The molecule has 0 aliphatic carbocycles. The van der Waals surface area contributed by atoms with Crippen LogP contribution in [0.2, 0.25) is 0 Å². The summed E-state index contributed by atoms with van der Waals surface area (Å²) in [7, 11) is 0. The number of aliphatic hydroxyl groups is 1. The lowest BCUT2D eigenvalue weighted by atomic mass is 9.83. The van der Waals surface area contributed by atoms with Crippen molar-refractivity contribution in [3.8, 4) is 0 Å². The van der Waals surface area contributed by atoms with E-state index in [2.05, 4.69) is 20.8 Å². The van der Waals surface area contributed by atoms with E-state index in [1.54, 1.807) is 0 Å². The van der Waals surface area contributed by atoms with Gasteiger partial charge in [0, 0.05) is 6.61 Å². The number of rotatable bonds is 3. The van der Waals surface area contributed by atoms with Crippen LogP contribution < -0.4 is 0 Å². The highest BCUT2D eigenvalue weighted by Crippen LogP contribution is 2.31. The summed E-state index contributed by atoms with van der Waals surface area (Å²) in [5.41, 5.74) is -0.0301. The van der Waals surface area contributed by atoms with E-state index in [-0.39, 0.29) is 11.7 Å². The topological polar surface area (TPSA) is 29.5 Å². The van der Waals surface area contributed by atoms with Crippen molar-refractivity contribution in [1.82, 2.24) is 0 Å². The molecule has 1 rings (SSSR count). The number of hydrogen-bond acceptors (Lipinski definition) is 2. The third kappa shape index (κ3) is 3.28. The lowest BCUT2D eigenvalue weighted by molar-refractivity contribution is -0.0960. The summed E-state index contributed by atoms with van der Waals surface area (Å²) in [5.74, 6) is 0.448. The van der Waals surface area contributed by atoms with Gasteiger partial charge in [-0.2, -0.15) is 0 Å². The van der Waals surface area contributed by atoms with Gasteiger partial charge in [-0.15, -0.1) is 0 Å². The van der Waals surface area contributed by atoms with Crippen LogP contribution in [0.1, 0.15) is 46.5 Å². The van der Waals surface area contributed by atoms with E-state index in [0.29, 0.717) is 5.92 Å². The van der Waals surface area contributed by atoms with Crippen molar-refractivity contribution in [3.05, 3.63) is 0 Å². The van der Waals surface area contributed by atoms with E-state index in [1.807, 2.05) is 0 Å². The highest BCUT2D eigenvalue weighted by Gasteiger charge is 2.32. The van der Waals surface area contributed by atoms with Gasteiger partial charge in [-0.3, -0.25) is 0 Å². The molecule has 0 aromatic heterocycles. The third-order valence-electron chi connectivity index (χ3n) is 2.86. The predicted octanol–water partition coefficient (Wildman–Crippen LogP) is 2.35. The molecule has 2 nitrogen and oxygen atoms in total. The molecule has 1 aliphatic heterocycles. The van der Waals surface area contributed by atoms with Crippen LogP contribution in [0, 0.1) is 5.92 Å². The molecule has 1 heterocycles. The summed E-state index contributed by atoms with van der Waals surface area (Å²) in [6, 6.07) is 0. The fourth-order valence-electron chi connectivity index (χ4n) is 2.14. The van der Waals surface area contributed by atoms with Crippen LogP contribution in [0.3, 0.4) is 0 Å².